The molecule has 1 fully saturated rings. The fourth-order valence-electron chi connectivity index (χ4n) is 2.10. The molecule has 0 radical (unpaired) electrons. The van der Waals surface area contributed by atoms with Crippen LogP contribution in [0.3, 0.4) is 0 Å². The number of carbonyl (C=O) groups is 1. The molecule has 1 aromatic carbocycles. The number of aromatic carboxylic acids is 1. The molecule has 2 unspecified atom stereocenters. The van der Waals surface area contributed by atoms with Gasteiger partial charge in [0.1, 0.15) is 11.9 Å². The molecule has 0 amide bonds. The summed E-state index contributed by atoms with van der Waals surface area (Å²) < 4.78 is 32.7. The topological polar surface area (TPSA) is 46.5 Å². The van der Waals surface area contributed by atoms with Crippen molar-refractivity contribution in [3.8, 4) is 5.75 Å². The first-order valence-corrected chi connectivity index (χ1v) is 5.24. The zero-order valence-corrected chi connectivity index (χ0v) is 9.24. The van der Waals surface area contributed by atoms with Crippen molar-refractivity contribution in [1.82, 2.24) is 0 Å². The lowest BCUT2D eigenvalue weighted by atomic mass is 9.73. The Morgan fingerprint density at radius 2 is 2.29 bits per heavy atom. The van der Waals surface area contributed by atoms with Crippen molar-refractivity contribution in [2.45, 2.75) is 24.7 Å². The summed E-state index contributed by atoms with van der Waals surface area (Å²) in [4.78, 5) is 11.0. The lowest BCUT2D eigenvalue weighted by Crippen LogP contribution is -2.43. The van der Waals surface area contributed by atoms with Crippen LogP contribution in [0.1, 0.15) is 28.8 Å². The molecule has 92 valence electrons. The van der Waals surface area contributed by atoms with Crippen molar-refractivity contribution in [2.75, 3.05) is 7.11 Å². The van der Waals surface area contributed by atoms with Crippen LogP contribution in [0.5, 0.6) is 5.75 Å². The zero-order valence-electron chi connectivity index (χ0n) is 9.24. The summed E-state index contributed by atoms with van der Waals surface area (Å²) in [5, 5.41) is 9.01. The lowest BCUT2D eigenvalue weighted by molar-refractivity contribution is -0.0451. The van der Waals surface area contributed by atoms with Crippen molar-refractivity contribution < 1.29 is 23.4 Å². The van der Waals surface area contributed by atoms with Gasteiger partial charge in [-0.3, -0.25) is 0 Å². The second kappa shape index (κ2) is 3.98. The van der Waals surface area contributed by atoms with Gasteiger partial charge in [0.05, 0.1) is 12.7 Å². The molecule has 0 aromatic heterocycles. The summed E-state index contributed by atoms with van der Waals surface area (Å²) in [5.41, 5.74) is -2.66. The standard InChI is InChI=1S/C12H12F2O3/c1-17-8-4-2-3-7(11(15)16)10(8)12(14)6-5-9(12)13/h2-4,9H,5-6H2,1H3,(H,15,16). The first-order valence-electron chi connectivity index (χ1n) is 5.24. The average Bonchev–Trinajstić information content (AvgIpc) is 2.34. The highest BCUT2D eigenvalue weighted by Gasteiger charge is 2.53. The Morgan fingerprint density at radius 3 is 2.71 bits per heavy atom. The van der Waals surface area contributed by atoms with Gasteiger partial charge in [0.25, 0.3) is 0 Å². The van der Waals surface area contributed by atoms with Gasteiger partial charge in [0, 0.05) is 5.56 Å². The highest BCUT2D eigenvalue weighted by Crippen LogP contribution is 2.51. The van der Waals surface area contributed by atoms with Crippen LogP contribution in [0.4, 0.5) is 8.78 Å². The van der Waals surface area contributed by atoms with E-state index in [4.69, 9.17) is 9.84 Å². The second-order valence-electron chi connectivity index (χ2n) is 4.06. The number of halogens is 2. The first-order chi connectivity index (χ1) is 8.00. The van der Waals surface area contributed by atoms with E-state index < -0.39 is 17.8 Å². The van der Waals surface area contributed by atoms with Crippen LogP contribution in [-0.4, -0.2) is 24.4 Å². The number of methoxy groups -OCH3 is 1. The fourth-order valence-corrected chi connectivity index (χ4v) is 2.10. The maximum absolute atomic E-state index is 14.4. The predicted octanol–water partition coefficient (Wildman–Crippen LogP) is 2.69. The molecule has 2 rings (SSSR count). The average molecular weight is 242 g/mol. The molecule has 0 heterocycles. The van der Waals surface area contributed by atoms with Gasteiger partial charge in [-0.1, -0.05) is 6.07 Å². The Kier molecular flexibility index (Phi) is 2.77. The van der Waals surface area contributed by atoms with E-state index in [2.05, 4.69) is 0 Å². The Balaban J connectivity index is 2.61. The van der Waals surface area contributed by atoms with E-state index in [-0.39, 0.29) is 29.7 Å². The van der Waals surface area contributed by atoms with Crippen molar-refractivity contribution in [2.24, 2.45) is 0 Å². The molecule has 0 saturated heterocycles. The molecule has 2 atom stereocenters. The van der Waals surface area contributed by atoms with E-state index in [0.29, 0.717) is 0 Å². The smallest absolute Gasteiger partial charge is 0.336 e. The van der Waals surface area contributed by atoms with Crippen LogP contribution in [0.15, 0.2) is 18.2 Å². The summed E-state index contributed by atoms with van der Waals surface area (Å²) in [6, 6.07) is 4.14. The van der Waals surface area contributed by atoms with Crippen LogP contribution in [0.25, 0.3) is 0 Å². The molecule has 1 saturated carbocycles. The van der Waals surface area contributed by atoms with Crippen LogP contribution >= 0.6 is 0 Å². The molecule has 17 heavy (non-hydrogen) atoms. The van der Waals surface area contributed by atoms with Crippen LogP contribution in [-0.2, 0) is 5.67 Å². The highest BCUT2D eigenvalue weighted by atomic mass is 19.2. The molecule has 1 aliphatic carbocycles. The molecule has 1 N–H and O–H groups in total. The lowest BCUT2D eigenvalue weighted by Gasteiger charge is -2.39. The molecule has 1 aliphatic rings. The summed E-state index contributed by atoms with van der Waals surface area (Å²) in [7, 11) is 1.31. The van der Waals surface area contributed by atoms with E-state index in [1.807, 2.05) is 0 Å². The van der Waals surface area contributed by atoms with Gasteiger partial charge < -0.3 is 9.84 Å². The molecular weight excluding hydrogens is 230 g/mol. The summed E-state index contributed by atoms with van der Waals surface area (Å²) in [6.45, 7) is 0. The molecule has 0 spiro atoms. The maximum Gasteiger partial charge on any atom is 0.336 e. The van der Waals surface area contributed by atoms with Crippen molar-refractivity contribution in [1.29, 1.82) is 0 Å². The minimum atomic E-state index is -2.24. The Labute approximate surface area is 97.0 Å². The van der Waals surface area contributed by atoms with Gasteiger partial charge in [0.15, 0.2) is 5.67 Å². The maximum atomic E-state index is 14.4. The van der Waals surface area contributed by atoms with Crippen molar-refractivity contribution in [3.05, 3.63) is 29.3 Å². The van der Waals surface area contributed by atoms with Gasteiger partial charge in [-0.25, -0.2) is 13.6 Å². The number of ether oxygens (including phenoxy) is 1. The summed E-state index contributed by atoms with van der Waals surface area (Å²) >= 11 is 0. The Hall–Kier alpha value is -1.65. The minimum Gasteiger partial charge on any atom is -0.496 e. The molecule has 0 bridgehead atoms. The molecule has 0 aliphatic heterocycles. The second-order valence-corrected chi connectivity index (χ2v) is 4.06. The fraction of sp³-hybridized carbons (Fsp3) is 0.417. The molecule has 1 aromatic rings. The zero-order chi connectivity index (χ0) is 12.6. The quantitative estimate of drug-likeness (QED) is 0.886. The molecule has 3 nitrogen and oxygen atoms in total. The normalized spacial score (nSPS) is 27.4. The van der Waals surface area contributed by atoms with E-state index in [1.165, 1.54) is 25.3 Å². The SMILES string of the molecule is COc1cccc(C(=O)O)c1C1(F)CCC1F. The van der Waals surface area contributed by atoms with E-state index in [1.54, 1.807) is 0 Å². The monoisotopic (exact) mass is 242 g/mol. The number of rotatable bonds is 3. The number of hydrogen-bond acceptors (Lipinski definition) is 2. The number of carboxylic acid groups (broad SMARTS) is 1. The van der Waals surface area contributed by atoms with Gasteiger partial charge in [0.2, 0.25) is 0 Å². The summed E-state index contributed by atoms with van der Waals surface area (Å²) in [6.07, 6.45) is -1.58. The van der Waals surface area contributed by atoms with Crippen LogP contribution in [0, 0.1) is 0 Å². The number of hydrogen-bond donors (Lipinski definition) is 1. The number of carboxylic acids is 1. The summed E-state index contributed by atoms with van der Waals surface area (Å²) in [5.74, 6) is -1.20. The third-order valence-corrected chi connectivity index (χ3v) is 3.15. The third-order valence-electron chi connectivity index (χ3n) is 3.15. The van der Waals surface area contributed by atoms with E-state index in [9.17, 15) is 13.6 Å². The predicted molar refractivity (Wildman–Crippen MR) is 56.9 cm³/mol. The van der Waals surface area contributed by atoms with Crippen molar-refractivity contribution >= 4 is 5.97 Å². The van der Waals surface area contributed by atoms with Crippen LogP contribution < -0.4 is 4.74 Å². The molecule has 5 heteroatoms. The Morgan fingerprint density at radius 1 is 1.59 bits per heavy atom. The van der Waals surface area contributed by atoms with Gasteiger partial charge in [-0.15, -0.1) is 0 Å². The number of benzene rings is 1. The molecular formula is C12H12F2O3. The van der Waals surface area contributed by atoms with Crippen molar-refractivity contribution in [3.63, 3.8) is 0 Å². The van der Waals surface area contributed by atoms with E-state index in [0.717, 1.165) is 0 Å². The first kappa shape index (κ1) is 11.8. The van der Waals surface area contributed by atoms with Gasteiger partial charge >= 0.3 is 5.97 Å². The highest BCUT2D eigenvalue weighted by molar-refractivity contribution is 5.91. The van der Waals surface area contributed by atoms with Gasteiger partial charge in [-0.2, -0.15) is 0 Å². The van der Waals surface area contributed by atoms with Crippen LogP contribution in [0.2, 0.25) is 0 Å². The number of alkyl halides is 2. The minimum absolute atomic E-state index is 0.0190. The Bertz CT molecular complexity index is 461. The third kappa shape index (κ3) is 1.66. The van der Waals surface area contributed by atoms with Gasteiger partial charge in [-0.05, 0) is 25.0 Å². The van der Waals surface area contributed by atoms with E-state index >= 15 is 0 Å². The largest absolute Gasteiger partial charge is 0.496 e.